The Morgan fingerprint density at radius 3 is 2.00 bits per heavy atom. The van der Waals surface area contributed by atoms with Crippen molar-refractivity contribution in [3.05, 3.63) is 198 Å². The van der Waals surface area contributed by atoms with E-state index in [9.17, 15) is 0 Å². The van der Waals surface area contributed by atoms with Crippen LogP contribution in [0.4, 0.5) is 0 Å². The number of aromatic nitrogens is 2. The molecule has 50 heavy (non-hydrogen) atoms. The average Bonchev–Trinajstić information content (AvgIpc) is 3.49. The van der Waals surface area contributed by atoms with Crippen molar-refractivity contribution in [3.63, 3.8) is 0 Å². The highest BCUT2D eigenvalue weighted by Crippen LogP contribution is 2.63. The van der Waals surface area contributed by atoms with Crippen molar-refractivity contribution in [1.29, 1.82) is 0 Å². The predicted octanol–water partition coefficient (Wildman–Crippen LogP) is 11.7. The maximum Gasteiger partial charge on any atom is 0.160 e. The second-order valence-electron chi connectivity index (χ2n) is 13.2. The molecule has 10 rings (SSSR count). The molecule has 7 aromatic rings. The Labute approximate surface area is 291 Å². The SMILES string of the molecule is C1=CC2=C(CC1)c1ccccc1C21c2ccccc2Oc2c(-c3cc(-c4cccc(-c5ccccc5)c4)nc(-c4ccccc4)n3)cccc21. The van der Waals surface area contributed by atoms with Gasteiger partial charge in [0.2, 0.25) is 0 Å². The summed E-state index contributed by atoms with van der Waals surface area (Å²) in [6.07, 6.45) is 6.78. The normalized spacial score (nSPS) is 16.7. The highest BCUT2D eigenvalue weighted by molar-refractivity contribution is 5.92. The van der Waals surface area contributed by atoms with Crippen molar-refractivity contribution < 1.29 is 4.74 Å². The highest BCUT2D eigenvalue weighted by Gasteiger charge is 2.52. The van der Waals surface area contributed by atoms with Gasteiger partial charge in [-0.3, -0.25) is 0 Å². The number of para-hydroxylation sites is 2. The maximum absolute atomic E-state index is 7.01. The van der Waals surface area contributed by atoms with Crippen LogP contribution in [0.2, 0.25) is 0 Å². The van der Waals surface area contributed by atoms with E-state index < -0.39 is 5.41 Å². The van der Waals surface area contributed by atoms with Gasteiger partial charge >= 0.3 is 0 Å². The molecule has 1 atom stereocenters. The first kappa shape index (κ1) is 28.7. The summed E-state index contributed by atoms with van der Waals surface area (Å²) < 4.78 is 7.01. The minimum Gasteiger partial charge on any atom is -0.456 e. The summed E-state index contributed by atoms with van der Waals surface area (Å²) in [6.45, 7) is 0. The van der Waals surface area contributed by atoms with Crippen LogP contribution in [0.5, 0.6) is 11.5 Å². The molecule has 1 aromatic heterocycles. The second kappa shape index (κ2) is 11.4. The highest BCUT2D eigenvalue weighted by atomic mass is 16.5. The molecular formula is C47H32N2O. The van der Waals surface area contributed by atoms with Crippen LogP contribution in [0.1, 0.15) is 35.1 Å². The topological polar surface area (TPSA) is 35.0 Å². The molecular weight excluding hydrogens is 609 g/mol. The van der Waals surface area contributed by atoms with Crippen LogP contribution in [0.15, 0.2) is 175 Å². The summed E-state index contributed by atoms with van der Waals surface area (Å²) in [7, 11) is 0. The molecule has 1 aliphatic heterocycles. The molecule has 2 heterocycles. The molecule has 236 valence electrons. The Bertz CT molecular complexity index is 2510. The van der Waals surface area contributed by atoms with Gasteiger partial charge in [-0.25, -0.2) is 9.97 Å². The van der Waals surface area contributed by atoms with Gasteiger partial charge in [-0.05, 0) is 70.5 Å². The van der Waals surface area contributed by atoms with Crippen LogP contribution in [-0.2, 0) is 5.41 Å². The van der Waals surface area contributed by atoms with E-state index in [0.717, 1.165) is 63.5 Å². The van der Waals surface area contributed by atoms with Crippen molar-refractivity contribution in [2.75, 3.05) is 0 Å². The lowest BCUT2D eigenvalue weighted by Gasteiger charge is -2.41. The molecule has 3 nitrogen and oxygen atoms in total. The lowest BCUT2D eigenvalue weighted by atomic mass is 9.64. The lowest BCUT2D eigenvalue weighted by molar-refractivity contribution is 0.437. The molecule has 0 fully saturated rings. The average molecular weight is 641 g/mol. The molecule has 0 N–H and O–H groups in total. The van der Waals surface area contributed by atoms with Crippen molar-refractivity contribution >= 4 is 5.57 Å². The molecule has 1 unspecified atom stereocenters. The van der Waals surface area contributed by atoms with E-state index in [1.807, 2.05) is 24.3 Å². The monoisotopic (exact) mass is 640 g/mol. The minimum absolute atomic E-state index is 0.495. The van der Waals surface area contributed by atoms with Crippen molar-refractivity contribution in [2.45, 2.75) is 18.3 Å². The van der Waals surface area contributed by atoms with Gasteiger partial charge in [0.05, 0.1) is 16.8 Å². The Morgan fingerprint density at radius 2 is 1.14 bits per heavy atom. The van der Waals surface area contributed by atoms with Gasteiger partial charge in [-0.2, -0.15) is 0 Å². The van der Waals surface area contributed by atoms with E-state index in [-0.39, 0.29) is 0 Å². The van der Waals surface area contributed by atoms with Crippen molar-refractivity contribution in [3.8, 4) is 56.5 Å². The fourth-order valence-electron chi connectivity index (χ4n) is 8.30. The summed E-state index contributed by atoms with van der Waals surface area (Å²) in [5.74, 6) is 2.40. The predicted molar refractivity (Wildman–Crippen MR) is 202 cm³/mol. The molecule has 2 aliphatic carbocycles. The Kier molecular flexibility index (Phi) is 6.53. The molecule has 3 heteroatoms. The molecule has 1 spiro atoms. The van der Waals surface area contributed by atoms with Gasteiger partial charge in [0.1, 0.15) is 11.5 Å². The zero-order valence-corrected chi connectivity index (χ0v) is 27.4. The first-order chi connectivity index (χ1) is 24.8. The standard InChI is InChI=1S/C47H32N2O/c1-3-15-31(16-4-1)33-19-13-20-34(29-33)42-30-43(49-46(48-42)32-17-5-2-6-18-32)37-23-14-27-41-45(37)50-44-28-12-11-26-40(44)47(41)38-24-9-7-21-35(38)36-22-8-10-25-39(36)47/h1-7,9-21,23-30H,8,22H2. The summed E-state index contributed by atoms with van der Waals surface area (Å²) in [6, 6.07) is 55.6. The molecule has 0 amide bonds. The molecule has 0 bridgehead atoms. The van der Waals surface area contributed by atoms with Gasteiger partial charge in [-0.1, -0.05) is 146 Å². The van der Waals surface area contributed by atoms with E-state index in [4.69, 9.17) is 14.7 Å². The van der Waals surface area contributed by atoms with E-state index in [1.165, 1.54) is 33.4 Å². The van der Waals surface area contributed by atoms with Gasteiger partial charge in [0, 0.05) is 27.8 Å². The van der Waals surface area contributed by atoms with E-state index in [1.54, 1.807) is 0 Å². The van der Waals surface area contributed by atoms with E-state index in [0.29, 0.717) is 5.82 Å². The van der Waals surface area contributed by atoms with Crippen LogP contribution in [-0.4, -0.2) is 9.97 Å². The molecule has 3 aliphatic rings. The summed E-state index contributed by atoms with van der Waals surface area (Å²) in [5.41, 5.74) is 14.2. The molecule has 0 saturated carbocycles. The Morgan fingerprint density at radius 1 is 0.500 bits per heavy atom. The quantitative estimate of drug-likeness (QED) is 0.192. The summed E-state index contributed by atoms with van der Waals surface area (Å²) in [5, 5.41) is 0. The number of hydrogen-bond acceptors (Lipinski definition) is 3. The molecule has 0 saturated heterocycles. The number of ether oxygens (including phenoxy) is 1. The fraction of sp³-hybridized carbons (Fsp3) is 0.0638. The van der Waals surface area contributed by atoms with Crippen LogP contribution in [0.25, 0.3) is 50.6 Å². The van der Waals surface area contributed by atoms with Gasteiger partial charge < -0.3 is 4.74 Å². The fourth-order valence-corrected chi connectivity index (χ4v) is 8.30. The smallest absolute Gasteiger partial charge is 0.160 e. The summed E-state index contributed by atoms with van der Waals surface area (Å²) >= 11 is 0. The third-order valence-electron chi connectivity index (χ3n) is 10.5. The van der Waals surface area contributed by atoms with E-state index in [2.05, 4.69) is 146 Å². The third-order valence-corrected chi connectivity index (χ3v) is 10.5. The second-order valence-corrected chi connectivity index (χ2v) is 13.2. The Hall–Kier alpha value is -6.32. The zero-order chi connectivity index (χ0) is 33.1. The first-order valence-electron chi connectivity index (χ1n) is 17.3. The van der Waals surface area contributed by atoms with Crippen molar-refractivity contribution in [2.24, 2.45) is 0 Å². The number of allylic oxidation sites excluding steroid dienone is 4. The molecule has 0 radical (unpaired) electrons. The van der Waals surface area contributed by atoms with Crippen molar-refractivity contribution in [1.82, 2.24) is 9.97 Å². The third kappa shape index (κ3) is 4.30. The Balaban J connectivity index is 1.23. The number of benzene rings is 6. The zero-order valence-electron chi connectivity index (χ0n) is 27.4. The first-order valence-corrected chi connectivity index (χ1v) is 17.3. The largest absolute Gasteiger partial charge is 0.456 e. The van der Waals surface area contributed by atoms with Gasteiger partial charge in [0.25, 0.3) is 0 Å². The lowest BCUT2D eigenvalue weighted by Crippen LogP contribution is -2.33. The number of rotatable bonds is 4. The number of nitrogens with zero attached hydrogens (tertiary/aromatic N) is 2. The maximum atomic E-state index is 7.01. The summed E-state index contributed by atoms with van der Waals surface area (Å²) in [4.78, 5) is 10.4. The number of hydrogen-bond donors (Lipinski definition) is 0. The van der Waals surface area contributed by atoms with E-state index >= 15 is 0 Å². The van der Waals surface area contributed by atoms with Crippen LogP contribution in [0, 0.1) is 0 Å². The number of fused-ring (bicyclic) bond motifs is 8. The van der Waals surface area contributed by atoms with Crippen LogP contribution >= 0.6 is 0 Å². The van der Waals surface area contributed by atoms with Gasteiger partial charge in [-0.15, -0.1) is 0 Å². The molecule has 6 aromatic carbocycles. The van der Waals surface area contributed by atoms with Crippen LogP contribution < -0.4 is 4.74 Å². The van der Waals surface area contributed by atoms with Gasteiger partial charge in [0.15, 0.2) is 5.82 Å². The van der Waals surface area contributed by atoms with Crippen LogP contribution in [0.3, 0.4) is 0 Å². The minimum atomic E-state index is -0.495.